The van der Waals surface area contributed by atoms with Crippen molar-refractivity contribution < 1.29 is 14.3 Å². The monoisotopic (exact) mass is 376 g/mol. The largest absolute Gasteiger partial charge is 0.494 e. The minimum Gasteiger partial charge on any atom is -0.494 e. The Kier molecular flexibility index (Phi) is 5.40. The van der Waals surface area contributed by atoms with Crippen LogP contribution in [0.4, 0.5) is 5.13 Å². The zero-order valence-electron chi connectivity index (χ0n) is 13.8. The summed E-state index contributed by atoms with van der Waals surface area (Å²) in [5, 5.41) is 3.90. The predicted molar refractivity (Wildman–Crippen MR) is 101 cm³/mol. The van der Waals surface area contributed by atoms with Crippen LogP contribution < -0.4 is 14.8 Å². The number of hydrogen-bond donors (Lipinski definition) is 1. The number of thiazole rings is 1. The number of ether oxygens (including phenoxy) is 2. The molecule has 0 saturated heterocycles. The fraction of sp³-hybridized carbons (Fsp3) is 0.222. The third kappa shape index (κ3) is 4.03. The zero-order valence-corrected chi connectivity index (χ0v) is 15.4. The van der Waals surface area contributed by atoms with Crippen LogP contribution in [0.2, 0.25) is 5.02 Å². The summed E-state index contributed by atoms with van der Waals surface area (Å²) in [7, 11) is 1.58. The van der Waals surface area contributed by atoms with Gasteiger partial charge in [0.15, 0.2) is 5.13 Å². The highest BCUT2D eigenvalue weighted by Gasteiger charge is 2.14. The summed E-state index contributed by atoms with van der Waals surface area (Å²) in [5.41, 5.74) is 1.55. The van der Waals surface area contributed by atoms with Gasteiger partial charge in [-0.05, 0) is 36.8 Å². The van der Waals surface area contributed by atoms with E-state index in [2.05, 4.69) is 10.3 Å². The van der Waals surface area contributed by atoms with Gasteiger partial charge in [-0.1, -0.05) is 35.1 Å². The number of hydrogen-bond acceptors (Lipinski definition) is 5. The zero-order chi connectivity index (χ0) is 17.8. The van der Waals surface area contributed by atoms with E-state index in [0.717, 1.165) is 16.0 Å². The van der Waals surface area contributed by atoms with Gasteiger partial charge in [0.05, 0.1) is 29.9 Å². The predicted octanol–water partition coefficient (Wildman–Crippen LogP) is 4.54. The second kappa shape index (κ2) is 7.72. The Bertz CT molecular complexity index is 893. The molecule has 0 atom stereocenters. The number of rotatable bonds is 6. The van der Waals surface area contributed by atoms with Crippen molar-refractivity contribution in [3.05, 3.63) is 47.0 Å². The number of fused-ring (bicyclic) bond motifs is 1. The topological polar surface area (TPSA) is 60.5 Å². The molecule has 0 fully saturated rings. The maximum Gasteiger partial charge on any atom is 0.230 e. The van der Waals surface area contributed by atoms with Gasteiger partial charge in [-0.15, -0.1) is 0 Å². The molecule has 3 aromatic rings. The first-order valence-corrected chi connectivity index (χ1v) is 8.94. The van der Waals surface area contributed by atoms with E-state index in [1.165, 1.54) is 11.3 Å². The quantitative estimate of drug-likeness (QED) is 0.686. The summed E-state index contributed by atoms with van der Waals surface area (Å²) in [6.45, 7) is 2.55. The molecule has 1 heterocycles. The number of carbonyl (C=O) groups is 1. The van der Waals surface area contributed by atoms with Gasteiger partial charge in [-0.2, -0.15) is 0 Å². The third-order valence-electron chi connectivity index (χ3n) is 3.52. The summed E-state index contributed by atoms with van der Waals surface area (Å²) in [6, 6.07) is 11.0. The first-order chi connectivity index (χ1) is 12.1. The molecule has 1 aromatic heterocycles. The van der Waals surface area contributed by atoms with E-state index < -0.39 is 0 Å². The van der Waals surface area contributed by atoms with Crippen LogP contribution in [0.25, 0.3) is 10.2 Å². The van der Waals surface area contributed by atoms with Crippen LogP contribution in [-0.4, -0.2) is 24.6 Å². The maximum atomic E-state index is 12.3. The molecule has 0 radical (unpaired) electrons. The van der Waals surface area contributed by atoms with Crippen molar-refractivity contribution in [1.82, 2.24) is 4.98 Å². The van der Waals surface area contributed by atoms with Gasteiger partial charge in [0.25, 0.3) is 0 Å². The molecular weight excluding hydrogens is 360 g/mol. The van der Waals surface area contributed by atoms with Crippen LogP contribution in [0.5, 0.6) is 11.5 Å². The van der Waals surface area contributed by atoms with Gasteiger partial charge >= 0.3 is 0 Å². The van der Waals surface area contributed by atoms with Crippen molar-refractivity contribution in [3.8, 4) is 11.5 Å². The summed E-state index contributed by atoms with van der Waals surface area (Å²) < 4.78 is 11.5. The van der Waals surface area contributed by atoms with Crippen molar-refractivity contribution in [3.63, 3.8) is 0 Å². The van der Waals surface area contributed by atoms with Crippen LogP contribution in [0, 0.1) is 0 Å². The standard InChI is InChI=1S/C18H17ClN2O3S/c1-3-24-12-6-4-11(5-7-12)10-15(22)20-18-21-16-14(23-2)9-8-13(19)17(16)25-18/h4-9H,3,10H2,1-2H3,(H,20,21,22). The lowest BCUT2D eigenvalue weighted by Gasteiger charge is -2.05. The molecule has 0 aliphatic carbocycles. The fourth-order valence-electron chi connectivity index (χ4n) is 2.39. The smallest absolute Gasteiger partial charge is 0.230 e. The fourth-order valence-corrected chi connectivity index (χ4v) is 3.56. The highest BCUT2D eigenvalue weighted by molar-refractivity contribution is 7.23. The Morgan fingerprint density at radius 2 is 2.00 bits per heavy atom. The van der Waals surface area contributed by atoms with Gasteiger partial charge in [-0.25, -0.2) is 4.98 Å². The van der Waals surface area contributed by atoms with Crippen molar-refractivity contribution >= 4 is 44.2 Å². The SMILES string of the molecule is CCOc1ccc(CC(=O)Nc2nc3c(OC)ccc(Cl)c3s2)cc1. The van der Waals surface area contributed by atoms with E-state index in [1.807, 2.05) is 31.2 Å². The second-order valence-electron chi connectivity index (χ2n) is 5.25. The Morgan fingerprint density at radius 3 is 2.68 bits per heavy atom. The van der Waals surface area contributed by atoms with Gasteiger partial charge in [0.2, 0.25) is 5.91 Å². The normalized spacial score (nSPS) is 10.7. The number of halogens is 1. The van der Waals surface area contributed by atoms with E-state index in [-0.39, 0.29) is 12.3 Å². The maximum absolute atomic E-state index is 12.3. The molecule has 2 aromatic carbocycles. The summed E-state index contributed by atoms with van der Waals surface area (Å²) in [6.07, 6.45) is 0.257. The average molecular weight is 377 g/mol. The number of nitrogens with zero attached hydrogens (tertiary/aromatic N) is 1. The average Bonchev–Trinajstić information content (AvgIpc) is 3.01. The van der Waals surface area contributed by atoms with Crippen LogP contribution in [0.3, 0.4) is 0 Å². The molecule has 0 bridgehead atoms. The number of anilines is 1. The highest BCUT2D eigenvalue weighted by atomic mass is 35.5. The molecule has 0 spiro atoms. The molecule has 5 nitrogen and oxygen atoms in total. The van der Waals surface area contributed by atoms with Crippen molar-refractivity contribution in [2.24, 2.45) is 0 Å². The van der Waals surface area contributed by atoms with E-state index in [4.69, 9.17) is 21.1 Å². The van der Waals surface area contributed by atoms with Crippen molar-refractivity contribution in [1.29, 1.82) is 0 Å². The Morgan fingerprint density at radius 1 is 1.24 bits per heavy atom. The third-order valence-corrected chi connectivity index (χ3v) is 4.95. The van der Waals surface area contributed by atoms with Gasteiger partial charge in [0.1, 0.15) is 17.0 Å². The second-order valence-corrected chi connectivity index (χ2v) is 6.65. The summed E-state index contributed by atoms with van der Waals surface area (Å²) in [5.74, 6) is 1.28. The van der Waals surface area contributed by atoms with E-state index in [0.29, 0.717) is 28.0 Å². The number of carbonyl (C=O) groups excluding carboxylic acids is 1. The van der Waals surface area contributed by atoms with Crippen LogP contribution in [0.1, 0.15) is 12.5 Å². The molecule has 1 amide bonds. The Hall–Kier alpha value is -2.31. The number of methoxy groups -OCH3 is 1. The summed E-state index contributed by atoms with van der Waals surface area (Å²) in [4.78, 5) is 16.7. The molecule has 1 N–H and O–H groups in total. The van der Waals surface area contributed by atoms with Crippen LogP contribution in [-0.2, 0) is 11.2 Å². The molecule has 3 rings (SSSR count). The first kappa shape index (κ1) is 17.5. The molecule has 0 aliphatic rings. The Labute approximate surface area is 154 Å². The van der Waals surface area contributed by atoms with Crippen molar-refractivity contribution in [2.75, 3.05) is 19.0 Å². The number of amides is 1. The van der Waals surface area contributed by atoms with Gasteiger partial charge in [-0.3, -0.25) is 4.79 Å². The van der Waals surface area contributed by atoms with Gasteiger partial charge < -0.3 is 14.8 Å². The minimum absolute atomic E-state index is 0.140. The van der Waals surface area contributed by atoms with E-state index in [9.17, 15) is 4.79 Å². The Balaban J connectivity index is 1.72. The molecule has 7 heteroatoms. The molecule has 130 valence electrons. The number of benzene rings is 2. The molecule has 0 saturated carbocycles. The molecular formula is C18H17ClN2O3S. The van der Waals surface area contributed by atoms with E-state index >= 15 is 0 Å². The molecule has 0 unspecified atom stereocenters. The van der Waals surface area contributed by atoms with Gasteiger partial charge in [0, 0.05) is 0 Å². The lowest BCUT2D eigenvalue weighted by molar-refractivity contribution is -0.115. The van der Waals surface area contributed by atoms with Crippen LogP contribution >= 0.6 is 22.9 Å². The van der Waals surface area contributed by atoms with Crippen LogP contribution in [0.15, 0.2) is 36.4 Å². The lowest BCUT2D eigenvalue weighted by atomic mass is 10.1. The lowest BCUT2D eigenvalue weighted by Crippen LogP contribution is -2.14. The first-order valence-electron chi connectivity index (χ1n) is 7.75. The number of aromatic nitrogens is 1. The minimum atomic E-state index is -0.140. The molecule has 25 heavy (non-hydrogen) atoms. The molecule has 0 aliphatic heterocycles. The van der Waals surface area contributed by atoms with Crippen molar-refractivity contribution in [2.45, 2.75) is 13.3 Å². The van der Waals surface area contributed by atoms with E-state index in [1.54, 1.807) is 19.2 Å². The highest BCUT2D eigenvalue weighted by Crippen LogP contribution is 2.37. The summed E-state index contributed by atoms with van der Waals surface area (Å²) >= 11 is 7.52. The number of nitrogens with one attached hydrogen (secondary N) is 1.